The number of likely N-dealkylation sites (tertiary alicyclic amines) is 1. The maximum Gasteiger partial charge on any atom is 0.295 e. The lowest BCUT2D eigenvalue weighted by Gasteiger charge is -2.26. The maximum absolute atomic E-state index is 13.4. The van der Waals surface area contributed by atoms with Gasteiger partial charge >= 0.3 is 0 Å². The standard InChI is InChI=1S/C29H28N2O7/c1-5-13-38-21-10-8-19(9-11-21)26(32)24-25(20-14-22(35-2)28(37-4)23(15-20)36-3)31(29(34)27(24)33)17-18-7-6-12-30-16-18/h5-12,14-16,25,32H,1,13,17H2,2-4H3. The van der Waals surface area contributed by atoms with E-state index in [0.29, 0.717) is 40.7 Å². The lowest BCUT2D eigenvalue weighted by atomic mass is 9.94. The minimum absolute atomic E-state index is 0.0621. The van der Waals surface area contributed by atoms with Gasteiger partial charge in [-0.25, -0.2) is 0 Å². The molecule has 1 N–H and O–H groups in total. The number of rotatable bonds is 10. The van der Waals surface area contributed by atoms with Crippen LogP contribution in [0.2, 0.25) is 0 Å². The number of ether oxygens (including phenoxy) is 4. The number of carbonyl (C=O) groups is 2. The molecule has 0 aliphatic carbocycles. The highest BCUT2D eigenvalue weighted by Crippen LogP contribution is 2.46. The van der Waals surface area contributed by atoms with Crippen LogP contribution in [0.5, 0.6) is 23.0 Å². The largest absolute Gasteiger partial charge is 0.507 e. The van der Waals surface area contributed by atoms with Crippen molar-refractivity contribution in [2.75, 3.05) is 27.9 Å². The highest BCUT2D eigenvalue weighted by Gasteiger charge is 2.46. The molecule has 1 aliphatic heterocycles. The summed E-state index contributed by atoms with van der Waals surface area (Å²) in [6.07, 6.45) is 4.86. The fourth-order valence-electron chi connectivity index (χ4n) is 4.36. The maximum atomic E-state index is 13.4. The molecule has 9 heteroatoms. The number of Topliss-reactive ketones (excluding diaryl/α,β-unsaturated/α-hetero) is 1. The van der Waals surface area contributed by atoms with Crippen LogP contribution >= 0.6 is 0 Å². The minimum atomic E-state index is -0.944. The monoisotopic (exact) mass is 516 g/mol. The van der Waals surface area contributed by atoms with Crippen LogP contribution in [0.3, 0.4) is 0 Å². The van der Waals surface area contributed by atoms with Crippen LogP contribution in [0.4, 0.5) is 0 Å². The molecule has 2 aromatic carbocycles. The first-order valence-corrected chi connectivity index (χ1v) is 11.7. The van der Waals surface area contributed by atoms with Crippen molar-refractivity contribution in [1.29, 1.82) is 0 Å². The third-order valence-corrected chi connectivity index (χ3v) is 6.11. The number of methoxy groups -OCH3 is 3. The van der Waals surface area contributed by atoms with Crippen LogP contribution in [0.15, 0.2) is 79.2 Å². The Kier molecular flexibility index (Phi) is 7.96. The van der Waals surface area contributed by atoms with Crippen LogP contribution in [-0.2, 0) is 16.1 Å². The van der Waals surface area contributed by atoms with E-state index < -0.39 is 17.7 Å². The number of amides is 1. The number of pyridine rings is 1. The number of hydrogen-bond acceptors (Lipinski definition) is 8. The zero-order valence-corrected chi connectivity index (χ0v) is 21.3. The van der Waals surface area contributed by atoms with Crippen molar-refractivity contribution in [2.45, 2.75) is 12.6 Å². The third-order valence-electron chi connectivity index (χ3n) is 6.11. The SMILES string of the molecule is C=CCOc1ccc(C(O)=C2C(=O)C(=O)N(Cc3cccnc3)C2c2cc(OC)c(OC)c(OC)c2)cc1. The summed E-state index contributed by atoms with van der Waals surface area (Å²) in [4.78, 5) is 32.2. The molecule has 1 aromatic heterocycles. The van der Waals surface area contributed by atoms with Gasteiger partial charge in [0.1, 0.15) is 18.1 Å². The first-order chi connectivity index (χ1) is 18.4. The lowest BCUT2D eigenvalue weighted by Crippen LogP contribution is -2.29. The van der Waals surface area contributed by atoms with Crippen molar-refractivity contribution in [1.82, 2.24) is 9.88 Å². The predicted octanol–water partition coefficient (Wildman–Crippen LogP) is 4.29. The van der Waals surface area contributed by atoms with Crippen LogP contribution in [0, 0.1) is 0 Å². The van der Waals surface area contributed by atoms with E-state index in [9.17, 15) is 14.7 Å². The zero-order chi connectivity index (χ0) is 27.2. The normalized spacial score (nSPS) is 16.3. The Balaban J connectivity index is 1.88. The van der Waals surface area contributed by atoms with Crippen LogP contribution in [0.1, 0.15) is 22.7 Å². The van der Waals surface area contributed by atoms with Gasteiger partial charge in [0.05, 0.1) is 32.9 Å². The first kappa shape index (κ1) is 26.3. The molecular formula is C29H28N2O7. The van der Waals surface area contributed by atoms with Crippen molar-refractivity contribution in [3.63, 3.8) is 0 Å². The molecule has 0 bridgehead atoms. The van der Waals surface area contributed by atoms with E-state index in [2.05, 4.69) is 11.6 Å². The number of benzene rings is 2. The van der Waals surface area contributed by atoms with Gasteiger partial charge in [-0.05, 0) is 53.6 Å². The summed E-state index contributed by atoms with van der Waals surface area (Å²) in [6, 6.07) is 12.5. The van der Waals surface area contributed by atoms with Gasteiger partial charge in [0.15, 0.2) is 11.5 Å². The van der Waals surface area contributed by atoms with E-state index in [-0.39, 0.29) is 17.9 Å². The van der Waals surface area contributed by atoms with Crippen LogP contribution in [-0.4, -0.2) is 54.6 Å². The van der Waals surface area contributed by atoms with Gasteiger partial charge in [-0.15, -0.1) is 0 Å². The van der Waals surface area contributed by atoms with Crippen molar-refractivity contribution in [3.8, 4) is 23.0 Å². The van der Waals surface area contributed by atoms with Gasteiger partial charge in [0, 0.05) is 24.5 Å². The Morgan fingerprint density at radius 3 is 2.29 bits per heavy atom. The molecule has 1 atom stereocenters. The quantitative estimate of drug-likeness (QED) is 0.184. The highest BCUT2D eigenvalue weighted by atomic mass is 16.5. The summed E-state index contributed by atoms with van der Waals surface area (Å²) >= 11 is 0. The molecule has 196 valence electrons. The highest BCUT2D eigenvalue weighted by molar-refractivity contribution is 6.46. The number of aliphatic hydroxyl groups excluding tert-OH is 1. The van der Waals surface area contributed by atoms with Gasteiger partial charge in [0.25, 0.3) is 11.7 Å². The number of hydrogen-bond donors (Lipinski definition) is 1. The third kappa shape index (κ3) is 5.04. The number of aromatic nitrogens is 1. The number of aliphatic hydroxyl groups is 1. The predicted molar refractivity (Wildman–Crippen MR) is 140 cm³/mol. The molecule has 2 heterocycles. The number of ketones is 1. The second-order valence-corrected chi connectivity index (χ2v) is 8.37. The summed E-state index contributed by atoms with van der Waals surface area (Å²) in [6.45, 7) is 4.04. The molecule has 9 nitrogen and oxygen atoms in total. The summed E-state index contributed by atoms with van der Waals surface area (Å²) in [5.74, 6) is -0.254. The summed E-state index contributed by atoms with van der Waals surface area (Å²) in [5.41, 5.74) is 1.51. The van der Waals surface area contributed by atoms with Gasteiger partial charge < -0.3 is 29.0 Å². The second-order valence-electron chi connectivity index (χ2n) is 8.37. The summed E-state index contributed by atoms with van der Waals surface area (Å²) in [5, 5.41) is 11.4. The Morgan fingerprint density at radius 1 is 1.05 bits per heavy atom. The van der Waals surface area contributed by atoms with Crippen LogP contribution in [0.25, 0.3) is 5.76 Å². The summed E-state index contributed by atoms with van der Waals surface area (Å²) < 4.78 is 22.0. The molecule has 1 unspecified atom stereocenters. The molecule has 0 saturated carbocycles. The van der Waals surface area contributed by atoms with Gasteiger partial charge in [-0.1, -0.05) is 18.7 Å². The van der Waals surface area contributed by atoms with E-state index in [4.69, 9.17) is 18.9 Å². The van der Waals surface area contributed by atoms with Crippen molar-refractivity contribution >= 4 is 17.4 Å². The molecule has 3 aromatic rings. The molecule has 1 saturated heterocycles. The van der Waals surface area contributed by atoms with Crippen molar-refractivity contribution < 1.29 is 33.6 Å². The summed E-state index contributed by atoms with van der Waals surface area (Å²) in [7, 11) is 4.43. The topological polar surface area (TPSA) is 107 Å². The Morgan fingerprint density at radius 2 is 1.74 bits per heavy atom. The first-order valence-electron chi connectivity index (χ1n) is 11.7. The van der Waals surface area contributed by atoms with Crippen molar-refractivity contribution in [3.05, 3.63) is 95.8 Å². The zero-order valence-electron chi connectivity index (χ0n) is 21.3. The molecule has 4 rings (SSSR count). The van der Waals surface area contributed by atoms with Gasteiger partial charge in [-0.3, -0.25) is 14.6 Å². The van der Waals surface area contributed by atoms with Gasteiger partial charge in [-0.2, -0.15) is 0 Å². The van der Waals surface area contributed by atoms with E-state index in [1.54, 1.807) is 67.0 Å². The van der Waals surface area contributed by atoms with E-state index >= 15 is 0 Å². The molecular weight excluding hydrogens is 488 g/mol. The Labute approximate surface area is 220 Å². The molecule has 1 aliphatic rings. The minimum Gasteiger partial charge on any atom is -0.507 e. The average Bonchev–Trinajstić information content (AvgIpc) is 3.20. The molecule has 0 spiro atoms. The van der Waals surface area contributed by atoms with E-state index in [0.717, 1.165) is 5.56 Å². The second kappa shape index (κ2) is 11.5. The molecule has 1 amide bonds. The number of carbonyl (C=O) groups excluding carboxylic acids is 2. The van der Waals surface area contributed by atoms with E-state index in [1.807, 2.05) is 0 Å². The Hall–Kier alpha value is -4.79. The molecule has 0 radical (unpaired) electrons. The molecule has 38 heavy (non-hydrogen) atoms. The molecule has 1 fully saturated rings. The van der Waals surface area contributed by atoms with Crippen molar-refractivity contribution in [2.24, 2.45) is 0 Å². The average molecular weight is 517 g/mol. The lowest BCUT2D eigenvalue weighted by molar-refractivity contribution is -0.140. The Bertz CT molecular complexity index is 1340. The fraction of sp³-hybridized carbons (Fsp3) is 0.207. The number of nitrogens with zero attached hydrogens (tertiary/aromatic N) is 2. The fourth-order valence-corrected chi connectivity index (χ4v) is 4.36. The van der Waals surface area contributed by atoms with Gasteiger partial charge in [0.2, 0.25) is 5.75 Å². The van der Waals surface area contributed by atoms with E-state index in [1.165, 1.54) is 26.2 Å². The smallest absolute Gasteiger partial charge is 0.295 e. The van der Waals surface area contributed by atoms with Crippen LogP contribution < -0.4 is 18.9 Å².